The van der Waals surface area contributed by atoms with Crippen LogP contribution in [0.15, 0.2) is 35.7 Å². The summed E-state index contributed by atoms with van der Waals surface area (Å²) < 4.78 is 0. The van der Waals surface area contributed by atoms with Gasteiger partial charge in [0.05, 0.1) is 6.04 Å². The summed E-state index contributed by atoms with van der Waals surface area (Å²) in [5, 5.41) is 8.20. The maximum atomic E-state index is 11.8. The van der Waals surface area contributed by atoms with Crippen LogP contribution in [0.25, 0.3) is 0 Å². The summed E-state index contributed by atoms with van der Waals surface area (Å²) in [7, 11) is 1.65. The molecule has 0 aliphatic rings. The third kappa shape index (κ3) is 2.96. The zero-order valence-electron chi connectivity index (χ0n) is 11.4. The van der Waals surface area contributed by atoms with Crippen LogP contribution in [0.5, 0.6) is 0 Å². The highest BCUT2D eigenvalue weighted by atomic mass is 32.1. The van der Waals surface area contributed by atoms with Crippen LogP contribution in [0.1, 0.15) is 33.8 Å². The van der Waals surface area contributed by atoms with Gasteiger partial charge in [-0.3, -0.25) is 4.79 Å². The number of hydrogen-bond donors (Lipinski definition) is 2. The predicted octanol–water partition coefficient (Wildman–Crippen LogP) is 3.59. The third-order valence-electron chi connectivity index (χ3n) is 3.15. The minimum atomic E-state index is -0.0510. The quantitative estimate of drug-likeness (QED) is 0.894. The van der Waals surface area contributed by atoms with E-state index in [1.165, 1.54) is 4.88 Å². The summed E-state index contributed by atoms with van der Waals surface area (Å²) in [5.74, 6) is -0.0510. The van der Waals surface area contributed by atoms with Crippen molar-refractivity contribution in [2.24, 2.45) is 0 Å². The average molecular weight is 274 g/mol. The van der Waals surface area contributed by atoms with Crippen molar-refractivity contribution >= 4 is 22.9 Å². The van der Waals surface area contributed by atoms with Crippen LogP contribution in [0.3, 0.4) is 0 Å². The minimum Gasteiger partial charge on any atom is -0.377 e. The van der Waals surface area contributed by atoms with Crippen molar-refractivity contribution in [2.45, 2.75) is 19.9 Å². The summed E-state index contributed by atoms with van der Waals surface area (Å²) >= 11 is 1.73. The number of carbonyl (C=O) groups excluding carboxylic acids is 1. The Morgan fingerprint density at radius 3 is 2.68 bits per heavy atom. The molecular weight excluding hydrogens is 256 g/mol. The van der Waals surface area contributed by atoms with Gasteiger partial charge >= 0.3 is 0 Å². The van der Waals surface area contributed by atoms with Crippen molar-refractivity contribution in [1.29, 1.82) is 0 Å². The summed E-state index contributed by atoms with van der Waals surface area (Å²) in [6, 6.07) is 10.1. The van der Waals surface area contributed by atoms with E-state index in [0.29, 0.717) is 5.56 Å². The highest BCUT2D eigenvalue weighted by Gasteiger charge is 2.12. The lowest BCUT2D eigenvalue weighted by atomic mass is 10.1. The van der Waals surface area contributed by atoms with Gasteiger partial charge in [0.25, 0.3) is 5.91 Å². The van der Waals surface area contributed by atoms with Gasteiger partial charge in [0.15, 0.2) is 0 Å². The van der Waals surface area contributed by atoms with Gasteiger partial charge in [0, 0.05) is 23.2 Å². The van der Waals surface area contributed by atoms with Gasteiger partial charge in [-0.05, 0) is 43.0 Å². The maximum Gasteiger partial charge on any atom is 0.251 e. The van der Waals surface area contributed by atoms with E-state index in [1.807, 2.05) is 31.2 Å². The largest absolute Gasteiger partial charge is 0.377 e. The molecule has 0 radical (unpaired) electrons. The molecule has 4 heteroatoms. The van der Waals surface area contributed by atoms with Crippen LogP contribution in [0, 0.1) is 6.92 Å². The zero-order valence-corrected chi connectivity index (χ0v) is 12.2. The number of hydrogen-bond acceptors (Lipinski definition) is 3. The van der Waals surface area contributed by atoms with Crippen molar-refractivity contribution in [3.63, 3.8) is 0 Å². The number of rotatable bonds is 4. The number of nitrogens with one attached hydrogen (secondary N) is 2. The molecule has 19 heavy (non-hydrogen) atoms. The normalized spacial score (nSPS) is 11.9. The number of carbonyl (C=O) groups is 1. The fraction of sp³-hybridized carbons (Fsp3) is 0.267. The molecule has 1 unspecified atom stereocenters. The van der Waals surface area contributed by atoms with E-state index < -0.39 is 0 Å². The van der Waals surface area contributed by atoms with Crippen molar-refractivity contribution in [2.75, 3.05) is 12.4 Å². The first kappa shape index (κ1) is 13.6. The number of thiophene rings is 1. The van der Waals surface area contributed by atoms with Crippen LogP contribution < -0.4 is 10.6 Å². The molecule has 1 heterocycles. The molecule has 2 aromatic rings. The van der Waals surface area contributed by atoms with E-state index >= 15 is 0 Å². The second-order valence-electron chi connectivity index (χ2n) is 4.44. The van der Waals surface area contributed by atoms with Gasteiger partial charge < -0.3 is 10.6 Å². The van der Waals surface area contributed by atoms with Crippen molar-refractivity contribution in [1.82, 2.24) is 5.32 Å². The Morgan fingerprint density at radius 2 is 2.05 bits per heavy atom. The van der Waals surface area contributed by atoms with Crippen LogP contribution >= 0.6 is 11.3 Å². The van der Waals surface area contributed by atoms with E-state index in [1.54, 1.807) is 18.4 Å². The first-order chi connectivity index (χ1) is 9.13. The summed E-state index contributed by atoms with van der Waals surface area (Å²) in [6.07, 6.45) is 0. The molecular formula is C15H18N2OS. The minimum absolute atomic E-state index is 0.0510. The average Bonchev–Trinajstić information content (AvgIpc) is 2.94. The highest BCUT2D eigenvalue weighted by Crippen LogP contribution is 2.26. The maximum absolute atomic E-state index is 11.8. The van der Waals surface area contributed by atoms with Gasteiger partial charge in [-0.1, -0.05) is 12.1 Å². The Labute approximate surface area is 117 Å². The first-order valence-corrected chi connectivity index (χ1v) is 7.13. The monoisotopic (exact) mass is 274 g/mol. The molecule has 0 saturated heterocycles. The van der Waals surface area contributed by atoms with E-state index in [-0.39, 0.29) is 11.9 Å². The number of anilines is 1. The SMILES string of the molecule is CNC(=O)c1cccc(NC(C)c2cccs2)c1C. The van der Waals surface area contributed by atoms with Gasteiger partial charge in [0.1, 0.15) is 0 Å². The Kier molecular flexibility index (Phi) is 4.22. The van der Waals surface area contributed by atoms with Gasteiger partial charge in [0.2, 0.25) is 0 Å². The second-order valence-corrected chi connectivity index (χ2v) is 5.42. The second kappa shape index (κ2) is 5.89. The number of benzene rings is 1. The zero-order chi connectivity index (χ0) is 13.8. The molecule has 1 atom stereocenters. The van der Waals surface area contributed by atoms with Crippen LogP contribution in [-0.4, -0.2) is 13.0 Å². The van der Waals surface area contributed by atoms with Crippen LogP contribution in [0.4, 0.5) is 5.69 Å². The standard InChI is InChI=1S/C15H18N2OS/c1-10-12(15(18)16-3)6-4-7-13(10)17-11(2)14-8-5-9-19-14/h4-9,11,17H,1-3H3,(H,16,18). The number of amides is 1. The molecule has 0 bridgehead atoms. The third-order valence-corrected chi connectivity index (χ3v) is 4.20. The summed E-state index contributed by atoms with van der Waals surface area (Å²) in [6.45, 7) is 4.09. The van der Waals surface area contributed by atoms with Crippen LogP contribution in [-0.2, 0) is 0 Å². The fourth-order valence-corrected chi connectivity index (χ4v) is 2.75. The van der Waals surface area contributed by atoms with E-state index in [4.69, 9.17) is 0 Å². The van der Waals surface area contributed by atoms with Crippen molar-refractivity contribution in [3.8, 4) is 0 Å². The fourth-order valence-electron chi connectivity index (χ4n) is 2.01. The Bertz CT molecular complexity index is 564. The molecule has 0 spiro atoms. The Balaban J connectivity index is 2.24. The Hall–Kier alpha value is -1.81. The van der Waals surface area contributed by atoms with Crippen molar-refractivity contribution in [3.05, 3.63) is 51.7 Å². The Morgan fingerprint density at radius 1 is 1.26 bits per heavy atom. The molecule has 100 valence electrons. The smallest absolute Gasteiger partial charge is 0.251 e. The predicted molar refractivity (Wildman–Crippen MR) is 80.9 cm³/mol. The molecule has 0 aliphatic heterocycles. The summed E-state index contributed by atoms with van der Waals surface area (Å²) in [5.41, 5.74) is 2.69. The van der Waals surface area contributed by atoms with Gasteiger partial charge in [-0.2, -0.15) is 0 Å². The highest BCUT2D eigenvalue weighted by molar-refractivity contribution is 7.10. The molecule has 0 aliphatic carbocycles. The molecule has 3 nitrogen and oxygen atoms in total. The molecule has 0 fully saturated rings. The molecule has 1 aromatic carbocycles. The van der Waals surface area contributed by atoms with Crippen molar-refractivity contribution < 1.29 is 4.79 Å². The first-order valence-electron chi connectivity index (χ1n) is 6.25. The van der Waals surface area contributed by atoms with E-state index in [2.05, 4.69) is 29.0 Å². The molecule has 0 saturated carbocycles. The summed E-state index contributed by atoms with van der Waals surface area (Å²) in [4.78, 5) is 13.0. The molecule has 2 rings (SSSR count). The molecule has 2 N–H and O–H groups in total. The molecule has 1 aromatic heterocycles. The lowest BCUT2D eigenvalue weighted by molar-refractivity contribution is 0.0962. The lowest BCUT2D eigenvalue weighted by Gasteiger charge is -2.17. The van der Waals surface area contributed by atoms with Gasteiger partial charge in [-0.15, -0.1) is 11.3 Å². The lowest BCUT2D eigenvalue weighted by Crippen LogP contribution is -2.19. The van der Waals surface area contributed by atoms with E-state index in [0.717, 1.165) is 11.3 Å². The van der Waals surface area contributed by atoms with Gasteiger partial charge in [-0.25, -0.2) is 0 Å². The van der Waals surface area contributed by atoms with Crippen LogP contribution in [0.2, 0.25) is 0 Å². The molecule has 1 amide bonds. The van der Waals surface area contributed by atoms with E-state index in [9.17, 15) is 4.79 Å². The topological polar surface area (TPSA) is 41.1 Å².